The van der Waals surface area contributed by atoms with Gasteiger partial charge in [0, 0.05) is 24.2 Å². The van der Waals surface area contributed by atoms with Crippen molar-refractivity contribution in [3.05, 3.63) is 66.0 Å². The number of ether oxygens (including phenoxy) is 1. The highest BCUT2D eigenvalue weighted by Gasteiger charge is 2.25. The van der Waals surface area contributed by atoms with Crippen molar-refractivity contribution in [1.82, 2.24) is 34.3 Å². The number of nitrogen functional groups attached to an aromatic ring is 1. The fraction of sp³-hybridized carbons (Fsp3) is 0.269. The van der Waals surface area contributed by atoms with Crippen LogP contribution < -0.4 is 10.6 Å². The number of aryl methyl sites for hydroxylation is 1. The Morgan fingerprint density at radius 3 is 2.73 bits per heavy atom. The van der Waals surface area contributed by atoms with Gasteiger partial charge >= 0.3 is 0 Å². The van der Waals surface area contributed by atoms with E-state index in [0.29, 0.717) is 43.0 Å². The molecule has 1 atom stereocenters. The SMILES string of the molecule is Cc1nn(-c2cncc(F)c2)c(C)c1-c1cc(N2CCOC[C@H]2C)nc(-n2c(N)nc3ccccc32)n1. The predicted molar refractivity (Wildman–Crippen MR) is 138 cm³/mol. The number of nitrogens with two attached hydrogens (primary N) is 1. The molecule has 11 heteroatoms. The van der Waals surface area contributed by atoms with Crippen molar-refractivity contribution in [1.29, 1.82) is 0 Å². The van der Waals surface area contributed by atoms with Gasteiger partial charge in [0.15, 0.2) is 0 Å². The largest absolute Gasteiger partial charge is 0.377 e. The van der Waals surface area contributed by atoms with E-state index in [0.717, 1.165) is 33.8 Å². The molecular formula is C26H26FN9O. The Kier molecular flexibility index (Phi) is 5.56. The summed E-state index contributed by atoms with van der Waals surface area (Å²) in [7, 11) is 0. The van der Waals surface area contributed by atoms with Crippen LogP contribution in [0.4, 0.5) is 16.2 Å². The molecular weight excluding hydrogens is 473 g/mol. The molecule has 2 N–H and O–H groups in total. The highest BCUT2D eigenvalue weighted by Crippen LogP contribution is 2.32. The summed E-state index contributed by atoms with van der Waals surface area (Å²) < 4.78 is 23.0. The highest BCUT2D eigenvalue weighted by molar-refractivity contribution is 5.80. The summed E-state index contributed by atoms with van der Waals surface area (Å²) in [6, 6.07) is 11.2. The normalized spacial score (nSPS) is 16.0. The van der Waals surface area contributed by atoms with Crippen LogP contribution in [0.15, 0.2) is 48.8 Å². The van der Waals surface area contributed by atoms with Gasteiger partial charge in [-0.05, 0) is 32.9 Å². The number of para-hydroxylation sites is 2. The first-order valence-electron chi connectivity index (χ1n) is 12.0. The number of fused-ring (bicyclic) bond motifs is 1. The van der Waals surface area contributed by atoms with Crippen LogP contribution in [0.3, 0.4) is 0 Å². The number of imidazole rings is 1. The molecule has 0 amide bonds. The predicted octanol–water partition coefficient (Wildman–Crippen LogP) is 3.63. The van der Waals surface area contributed by atoms with Gasteiger partial charge in [0.2, 0.25) is 11.9 Å². The molecule has 0 saturated carbocycles. The smallest absolute Gasteiger partial charge is 0.239 e. The van der Waals surface area contributed by atoms with E-state index in [1.165, 1.54) is 12.3 Å². The monoisotopic (exact) mass is 499 g/mol. The lowest BCUT2D eigenvalue weighted by Gasteiger charge is -2.34. The van der Waals surface area contributed by atoms with Gasteiger partial charge in [-0.25, -0.2) is 23.6 Å². The van der Waals surface area contributed by atoms with Crippen molar-refractivity contribution in [3.8, 4) is 22.9 Å². The molecule has 5 aromatic rings. The Morgan fingerprint density at radius 1 is 1.08 bits per heavy atom. The number of anilines is 2. The van der Waals surface area contributed by atoms with E-state index >= 15 is 0 Å². The Hall–Kier alpha value is -4.38. The van der Waals surface area contributed by atoms with E-state index in [1.54, 1.807) is 15.4 Å². The summed E-state index contributed by atoms with van der Waals surface area (Å²) in [5.74, 6) is 1.04. The first-order chi connectivity index (χ1) is 17.9. The van der Waals surface area contributed by atoms with Gasteiger partial charge in [-0.15, -0.1) is 0 Å². The minimum Gasteiger partial charge on any atom is -0.377 e. The van der Waals surface area contributed by atoms with Crippen molar-refractivity contribution in [2.45, 2.75) is 26.8 Å². The minimum absolute atomic E-state index is 0.129. The van der Waals surface area contributed by atoms with Gasteiger partial charge in [0.25, 0.3) is 0 Å². The fourth-order valence-electron chi connectivity index (χ4n) is 4.90. The van der Waals surface area contributed by atoms with Crippen LogP contribution in [0.2, 0.25) is 0 Å². The number of morpholine rings is 1. The van der Waals surface area contributed by atoms with Crippen molar-refractivity contribution in [2.75, 3.05) is 30.4 Å². The summed E-state index contributed by atoms with van der Waals surface area (Å²) in [5, 5.41) is 4.69. The second-order valence-corrected chi connectivity index (χ2v) is 9.14. The number of rotatable bonds is 4. The standard InChI is InChI=1S/C26H26FN9O/c1-15-14-37-9-8-34(15)23-11-21(24-16(2)33-36(17(24)3)19-10-18(27)12-29-13-19)31-26(32-23)35-22-7-5-4-6-20(22)30-25(35)28/h4-7,10-13,15H,8-9,14H2,1-3H3,(H2,28,30)/t15-/m1/s1. The molecule has 37 heavy (non-hydrogen) atoms. The molecule has 1 saturated heterocycles. The Morgan fingerprint density at radius 2 is 1.92 bits per heavy atom. The first-order valence-corrected chi connectivity index (χ1v) is 12.0. The summed E-state index contributed by atoms with van der Waals surface area (Å²) in [4.78, 5) is 20.6. The third kappa shape index (κ3) is 3.97. The van der Waals surface area contributed by atoms with E-state index in [-0.39, 0.29) is 6.04 Å². The summed E-state index contributed by atoms with van der Waals surface area (Å²) in [5.41, 5.74) is 11.5. The Bertz CT molecular complexity index is 1630. The number of hydrogen-bond acceptors (Lipinski definition) is 8. The molecule has 1 aromatic carbocycles. The molecule has 10 nitrogen and oxygen atoms in total. The molecule has 0 aliphatic carbocycles. The average Bonchev–Trinajstić information content (AvgIpc) is 3.38. The van der Waals surface area contributed by atoms with Crippen molar-refractivity contribution in [3.63, 3.8) is 0 Å². The summed E-state index contributed by atoms with van der Waals surface area (Å²) in [6.45, 7) is 7.85. The molecule has 0 radical (unpaired) electrons. The highest BCUT2D eigenvalue weighted by atomic mass is 19.1. The van der Waals surface area contributed by atoms with Crippen LogP contribution in [0.5, 0.6) is 0 Å². The molecule has 1 aliphatic heterocycles. The van der Waals surface area contributed by atoms with Crippen molar-refractivity contribution in [2.24, 2.45) is 0 Å². The van der Waals surface area contributed by atoms with Gasteiger partial charge < -0.3 is 15.4 Å². The zero-order valence-electron chi connectivity index (χ0n) is 20.8. The van der Waals surface area contributed by atoms with Crippen LogP contribution in [-0.2, 0) is 4.74 Å². The number of hydrogen-bond donors (Lipinski definition) is 1. The van der Waals surface area contributed by atoms with Gasteiger partial charge in [-0.2, -0.15) is 10.1 Å². The molecule has 0 unspecified atom stereocenters. The minimum atomic E-state index is -0.429. The zero-order valence-corrected chi connectivity index (χ0v) is 20.8. The number of pyridine rings is 1. The molecule has 0 bridgehead atoms. The van der Waals surface area contributed by atoms with Crippen LogP contribution >= 0.6 is 0 Å². The van der Waals surface area contributed by atoms with Crippen LogP contribution in [0.1, 0.15) is 18.3 Å². The number of halogens is 1. The van der Waals surface area contributed by atoms with E-state index in [1.807, 2.05) is 44.2 Å². The molecule has 1 fully saturated rings. The average molecular weight is 500 g/mol. The van der Waals surface area contributed by atoms with Crippen molar-refractivity contribution < 1.29 is 9.13 Å². The van der Waals surface area contributed by atoms with Crippen LogP contribution in [0, 0.1) is 19.7 Å². The Labute approximate surface area is 212 Å². The van der Waals surface area contributed by atoms with E-state index in [4.69, 9.17) is 20.4 Å². The molecule has 188 valence electrons. The zero-order chi connectivity index (χ0) is 25.7. The maximum Gasteiger partial charge on any atom is 0.239 e. The van der Waals surface area contributed by atoms with Crippen LogP contribution in [0.25, 0.3) is 33.9 Å². The molecule has 1 aliphatic rings. The van der Waals surface area contributed by atoms with E-state index < -0.39 is 5.82 Å². The number of benzene rings is 1. The second-order valence-electron chi connectivity index (χ2n) is 9.14. The fourth-order valence-corrected chi connectivity index (χ4v) is 4.90. The second kappa shape index (κ2) is 8.93. The first kappa shape index (κ1) is 23.0. The molecule has 5 heterocycles. The van der Waals surface area contributed by atoms with Crippen LogP contribution in [-0.4, -0.2) is 60.1 Å². The summed E-state index contributed by atoms with van der Waals surface area (Å²) in [6.07, 6.45) is 2.75. The lowest BCUT2D eigenvalue weighted by atomic mass is 10.1. The molecule has 6 rings (SSSR count). The van der Waals surface area contributed by atoms with Gasteiger partial charge in [-0.3, -0.25) is 4.98 Å². The van der Waals surface area contributed by atoms with E-state index in [2.05, 4.69) is 26.9 Å². The number of aromatic nitrogens is 7. The maximum atomic E-state index is 13.9. The molecule has 4 aromatic heterocycles. The third-order valence-corrected chi connectivity index (χ3v) is 6.63. The third-order valence-electron chi connectivity index (χ3n) is 6.63. The maximum absolute atomic E-state index is 13.9. The Balaban J connectivity index is 1.57. The van der Waals surface area contributed by atoms with Crippen molar-refractivity contribution >= 4 is 22.8 Å². The molecule has 0 spiro atoms. The summed E-state index contributed by atoms with van der Waals surface area (Å²) >= 11 is 0. The van der Waals surface area contributed by atoms with E-state index in [9.17, 15) is 4.39 Å². The van der Waals surface area contributed by atoms with Gasteiger partial charge in [0.05, 0.1) is 65.5 Å². The topological polar surface area (TPSA) is 113 Å². The van der Waals surface area contributed by atoms with Gasteiger partial charge in [0.1, 0.15) is 11.6 Å². The van der Waals surface area contributed by atoms with Gasteiger partial charge in [-0.1, -0.05) is 12.1 Å². The quantitative estimate of drug-likeness (QED) is 0.399. The number of nitrogens with zero attached hydrogens (tertiary/aromatic N) is 8. The lowest BCUT2D eigenvalue weighted by molar-refractivity contribution is 0.0985. The lowest BCUT2D eigenvalue weighted by Crippen LogP contribution is -2.44.